The third-order valence-corrected chi connectivity index (χ3v) is 2.08. The molecule has 1 aromatic rings. The standard InChI is InChI=1S/C12H13NO4/c14-8-10(9-4-2-1-3-5-9)13-11(15)6-7-12(16)17/h1-7,10,14H,8H2,(H,13,15)(H,16,17)/t10-/m1/s1. The van der Waals surface area contributed by atoms with E-state index >= 15 is 0 Å². The molecule has 0 heterocycles. The number of carbonyl (C=O) groups excluding carboxylic acids is 1. The number of aliphatic carboxylic acids is 1. The fourth-order valence-electron chi connectivity index (χ4n) is 1.29. The van der Waals surface area contributed by atoms with Crippen LogP contribution in [0, 0.1) is 0 Å². The molecule has 5 heteroatoms. The molecular formula is C12H13NO4. The van der Waals surface area contributed by atoms with Gasteiger partial charge in [-0.05, 0) is 5.56 Å². The van der Waals surface area contributed by atoms with Gasteiger partial charge in [-0.25, -0.2) is 4.79 Å². The van der Waals surface area contributed by atoms with Gasteiger partial charge in [-0.3, -0.25) is 4.79 Å². The zero-order valence-electron chi connectivity index (χ0n) is 9.04. The lowest BCUT2D eigenvalue weighted by atomic mass is 10.1. The van der Waals surface area contributed by atoms with Crippen molar-refractivity contribution in [1.82, 2.24) is 5.32 Å². The number of carboxylic acids is 1. The normalized spacial score (nSPS) is 12.3. The van der Waals surface area contributed by atoms with Crippen LogP contribution in [0.1, 0.15) is 11.6 Å². The second-order valence-corrected chi connectivity index (χ2v) is 3.33. The number of nitrogens with one attached hydrogen (secondary N) is 1. The second kappa shape index (κ2) is 6.44. The number of carboxylic acid groups (broad SMARTS) is 1. The van der Waals surface area contributed by atoms with Crippen molar-refractivity contribution >= 4 is 11.9 Å². The van der Waals surface area contributed by atoms with E-state index in [2.05, 4.69) is 5.32 Å². The Morgan fingerprint density at radius 2 is 1.88 bits per heavy atom. The number of carbonyl (C=O) groups is 2. The van der Waals surface area contributed by atoms with Crippen LogP contribution in [0.25, 0.3) is 0 Å². The lowest BCUT2D eigenvalue weighted by Crippen LogP contribution is -2.29. The summed E-state index contributed by atoms with van der Waals surface area (Å²) in [6, 6.07) is 8.39. The molecule has 1 atom stereocenters. The summed E-state index contributed by atoms with van der Waals surface area (Å²) in [5, 5.41) is 20.0. The quantitative estimate of drug-likeness (QED) is 0.648. The third-order valence-electron chi connectivity index (χ3n) is 2.08. The first-order valence-electron chi connectivity index (χ1n) is 5.01. The molecule has 0 unspecified atom stereocenters. The van der Waals surface area contributed by atoms with Gasteiger partial charge >= 0.3 is 5.97 Å². The smallest absolute Gasteiger partial charge is 0.328 e. The second-order valence-electron chi connectivity index (χ2n) is 3.33. The molecule has 1 rings (SSSR count). The number of aliphatic hydroxyl groups excluding tert-OH is 1. The van der Waals surface area contributed by atoms with Gasteiger partial charge in [0.15, 0.2) is 0 Å². The fraction of sp³-hybridized carbons (Fsp3) is 0.167. The Labute approximate surface area is 98.4 Å². The number of aliphatic hydroxyl groups is 1. The van der Waals surface area contributed by atoms with E-state index in [1.54, 1.807) is 24.3 Å². The Morgan fingerprint density at radius 3 is 2.41 bits per heavy atom. The lowest BCUT2D eigenvalue weighted by molar-refractivity contribution is -0.131. The van der Waals surface area contributed by atoms with Gasteiger partial charge in [0, 0.05) is 12.2 Å². The average molecular weight is 235 g/mol. The fourth-order valence-corrected chi connectivity index (χ4v) is 1.29. The summed E-state index contributed by atoms with van der Waals surface area (Å²) in [5.74, 6) is -1.75. The molecule has 90 valence electrons. The molecular weight excluding hydrogens is 222 g/mol. The molecule has 0 aliphatic heterocycles. The van der Waals surface area contributed by atoms with Crippen LogP contribution in [-0.2, 0) is 9.59 Å². The van der Waals surface area contributed by atoms with Gasteiger partial charge in [-0.1, -0.05) is 30.3 Å². The molecule has 0 fully saturated rings. The van der Waals surface area contributed by atoms with Crippen molar-refractivity contribution in [3.05, 3.63) is 48.0 Å². The molecule has 0 saturated carbocycles. The number of hydrogen-bond donors (Lipinski definition) is 3. The lowest BCUT2D eigenvalue weighted by Gasteiger charge is -2.15. The highest BCUT2D eigenvalue weighted by Gasteiger charge is 2.11. The van der Waals surface area contributed by atoms with E-state index in [0.717, 1.165) is 17.7 Å². The average Bonchev–Trinajstić information content (AvgIpc) is 2.34. The number of hydrogen-bond acceptors (Lipinski definition) is 3. The Bertz CT molecular complexity index is 414. The highest BCUT2D eigenvalue weighted by Crippen LogP contribution is 2.11. The van der Waals surface area contributed by atoms with E-state index in [1.807, 2.05) is 6.07 Å². The predicted octanol–water partition coefficient (Wildman–Crippen LogP) is 0.477. The maximum absolute atomic E-state index is 11.3. The first kappa shape index (κ1) is 12.9. The van der Waals surface area contributed by atoms with Crippen LogP contribution < -0.4 is 5.32 Å². The van der Waals surface area contributed by atoms with E-state index in [4.69, 9.17) is 10.2 Å². The minimum atomic E-state index is -1.19. The highest BCUT2D eigenvalue weighted by molar-refractivity contribution is 5.94. The minimum Gasteiger partial charge on any atom is -0.478 e. The van der Waals surface area contributed by atoms with Crippen molar-refractivity contribution in [2.24, 2.45) is 0 Å². The molecule has 1 aromatic carbocycles. The van der Waals surface area contributed by atoms with Crippen LogP contribution in [0.5, 0.6) is 0 Å². The summed E-state index contributed by atoms with van der Waals surface area (Å²) in [7, 11) is 0. The van der Waals surface area contributed by atoms with Crippen LogP contribution >= 0.6 is 0 Å². The molecule has 0 radical (unpaired) electrons. The topological polar surface area (TPSA) is 86.6 Å². The van der Waals surface area contributed by atoms with Crippen molar-refractivity contribution in [2.75, 3.05) is 6.61 Å². The van der Waals surface area contributed by atoms with Crippen LogP contribution in [0.4, 0.5) is 0 Å². The van der Waals surface area contributed by atoms with Crippen molar-refractivity contribution in [3.63, 3.8) is 0 Å². The molecule has 5 nitrogen and oxygen atoms in total. The molecule has 0 spiro atoms. The number of amides is 1. The molecule has 0 saturated heterocycles. The Kier molecular flexibility index (Phi) is 4.90. The zero-order valence-corrected chi connectivity index (χ0v) is 9.04. The van der Waals surface area contributed by atoms with Gasteiger partial charge in [-0.2, -0.15) is 0 Å². The third kappa shape index (κ3) is 4.48. The van der Waals surface area contributed by atoms with Crippen molar-refractivity contribution in [3.8, 4) is 0 Å². The predicted molar refractivity (Wildman–Crippen MR) is 61.2 cm³/mol. The van der Waals surface area contributed by atoms with E-state index in [9.17, 15) is 9.59 Å². The molecule has 3 N–H and O–H groups in total. The Morgan fingerprint density at radius 1 is 1.24 bits per heavy atom. The first-order chi connectivity index (χ1) is 8.13. The van der Waals surface area contributed by atoms with Gasteiger partial charge < -0.3 is 15.5 Å². The monoisotopic (exact) mass is 235 g/mol. The summed E-state index contributed by atoms with van der Waals surface area (Å²) in [4.78, 5) is 21.5. The summed E-state index contributed by atoms with van der Waals surface area (Å²) in [6.45, 7) is -0.253. The van der Waals surface area contributed by atoms with E-state index in [0.29, 0.717) is 0 Å². The number of rotatable bonds is 5. The first-order valence-corrected chi connectivity index (χ1v) is 5.01. The van der Waals surface area contributed by atoms with Crippen molar-refractivity contribution in [2.45, 2.75) is 6.04 Å². The maximum atomic E-state index is 11.3. The van der Waals surface area contributed by atoms with Gasteiger partial charge in [0.1, 0.15) is 0 Å². The molecule has 0 aliphatic rings. The van der Waals surface area contributed by atoms with Crippen molar-refractivity contribution in [1.29, 1.82) is 0 Å². The summed E-state index contributed by atoms with van der Waals surface area (Å²) in [6.07, 6.45) is 1.66. The molecule has 0 aromatic heterocycles. The van der Waals surface area contributed by atoms with Gasteiger partial charge in [0.2, 0.25) is 5.91 Å². The molecule has 0 bridgehead atoms. The van der Waals surface area contributed by atoms with Gasteiger partial charge in [-0.15, -0.1) is 0 Å². The molecule has 1 amide bonds. The highest BCUT2D eigenvalue weighted by atomic mass is 16.4. The molecule has 0 aliphatic carbocycles. The van der Waals surface area contributed by atoms with Crippen LogP contribution in [0.3, 0.4) is 0 Å². The van der Waals surface area contributed by atoms with Gasteiger partial charge in [0.25, 0.3) is 0 Å². The minimum absolute atomic E-state index is 0.253. The SMILES string of the molecule is O=C(O)C=CC(=O)N[C@H](CO)c1ccccc1. The van der Waals surface area contributed by atoms with Crippen LogP contribution in [-0.4, -0.2) is 28.7 Å². The van der Waals surface area contributed by atoms with E-state index in [-0.39, 0.29) is 6.61 Å². The number of benzene rings is 1. The van der Waals surface area contributed by atoms with E-state index in [1.165, 1.54) is 0 Å². The Balaban J connectivity index is 2.65. The largest absolute Gasteiger partial charge is 0.478 e. The summed E-state index contributed by atoms with van der Waals surface area (Å²) >= 11 is 0. The molecule has 17 heavy (non-hydrogen) atoms. The van der Waals surface area contributed by atoms with Crippen molar-refractivity contribution < 1.29 is 19.8 Å². The summed E-state index contributed by atoms with van der Waals surface area (Å²) in [5.41, 5.74) is 0.757. The Hall–Kier alpha value is -2.14. The zero-order chi connectivity index (χ0) is 12.7. The van der Waals surface area contributed by atoms with Crippen LogP contribution in [0.2, 0.25) is 0 Å². The maximum Gasteiger partial charge on any atom is 0.328 e. The van der Waals surface area contributed by atoms with Crippen LogP contribution in [0.15, 0.2) is 42.5 Å². The summed E-state index contributed by atoms with van der Waals surface area (Å²) < 4.78 is 0. The van der Waals surface area contributed by atoms with E-state index < -0.39 is 17.9 Å². The van der Waals surface area contributed by atoms with Gasteiger partial charge in [0.05, 0.1) is 12.6 Å².